The number of benzene rings is 1. The largest absolute Gasteiger partial charge is 0.497 e. The predicted molar refractivity (Wildman–Crippen MR) is 105 cm³/mol. The molecule has 28 heavy (non-hydrogen) atoms. The molecule has 3 rings (SSSR count). The van der Waals surface area contributed by atoms with Crippen LogP contribution >= 0.6 is 0 Å². The van der Waals surface area contributed by atoms with Gasteiger partial charge in [-0.05, 0) is 43.0 Å². The summed E-state index contributed by atoms with van der Waals surface area (Å²) in [5.41, 5.74) is 1.86. The number of likely N-dealkylation sites (tertiary alicyclic amines) is 1. The van der Waals surface area contributed by atoms with Crippen LogP contribution in [0.1, 0.15) is 23.3 Å². The third-order valence-corrected chi connectivity index (χ3v) is 4.93. The second-order valence-corrected chi connectivity index (χ2v) is 6.69. The molecule has 1 fully saturated rings. The first kappa shape index (κ1) is 19.8. The van der Waals surface area contributed by atoms with Crippen LogP contribution in [0.25, 0.3) is 11.3 Å². The topological polar surface area (TPSA) is 76.7 Å². The molecule has 0 unspecified atom stereocenters. The minimum Gasteiger partial charge on any atom is -0.497 e. The van der Waals surface area contributed by atoms with E-state index in [0.29, 0.717) is 55.1 Å². The number of rotatable bonds is 7. The first-order valence-corrected chi connectivity index (χ1v) is 9.24. The number of ether oxygens (including phenoxy) is 3. The minimum absolute atomic E-state index is 0.0522. The number of hydrogen-bond donors (Lipinski definition) is 1. The van der Waals surface area contributed by atoms with Gasteiger partial charge in [0.05, 0.1) is 26.5 Å². The molecule has 0 radical (unpaired) electrons. The van der Waals surface area contributed by atoms with Crippen molar-refractivity contribution >= 4 is 5.91 Å². The summed E-state index contributed by atoms with van der Waals surface area (Å²) in [6.45, 7) is 2.37. The number of carbonyl (C=O) groups is 1. The molecule has 1 aromatic heterocycles. The predicted octanol–water partition coefficient (Wildman–Crippen LogP) is 2.60. The number of aromatic nitrogens is 2. The quantitative estimate of drug-likeness (QED) is 0.587. The Hall–Kier alpha value is -2.98. The third-order valence-electron chi connectivity index (χ3n) is 4.93. The highest BCUT2D eigenvalue weighted by atomic mass is 16.5. The Bertz CT molecular complexity index is 848. The molecular formula is C21H25N3O4. The molecule has 7 nitrogen and oxygen atoms in total. The van der Waals surface area contributed by atoms with Gasteiger partial charge < -0.3 is 19.1 Å². The summed E-state index contributed by atoms with van der Waals surface area (Å²) in [6, 6.07) is 7.22. The lowest BCUT2D eigenvalue weighted by molar-refractivity contribution is 0.0577. The number of nitrogens with zero attached hydrogens (tertiary/aromatic N) is 2. The molecule has 2 heterocycles. The van der Waals surface area contributed by atoms with Crippen LogP contribution < -0.4 is 9.47 Å². The second kappa shape index (κ2) is 9.29. The lowest BCUT2D eigenvalue weighted by Crippen LogP contribution is -2.39. The van der Waals surface area contributed by atoms with Crippen molar-refractivity contribution in [3.05, 3.63) is 30.0 Å². The molecule has 1 N–H and O–H groups in total. The van der Waals surface area contributed by atoms with Crippen LogP contribution in [0.5, 0.6) is 11.5 Å². The fourth-order valence-corrected chi connectivity index (χ4v) is 3.34. The number of hydrogen-bond acceptors (Lipinski definition) is 5. The van der Waals surface area contributed by atoms with Crippen LogP contribution in [0, 0.1) is 18.3 Å². The molecule has 0 spiro atoms. The van der Waals surface area contributed by atoms with Crippen molar-refractivity contribution in [3.8, 4) is 35.1 Å². The van der Waals surface area contributed by atoms with Crippen LogP contribution in [0.3, 0.4) is 0 Å². The molecule has 1 aromatic carbocycles. The van der Waals surface area contributed by atoms with Crippen LogP contribution in [0.2, 0.25) is 0 Å². The average molecular weight is 383 g/mol. The van der Waals surface area contributed by atoms with E-state index in [2.05, 4.69) is 16.1 Å². The smallest absolute Gasteiger partial charge is 0.271 e. The first-order chi connectivity index (χ1) is 13.7. The zero-order valence-corrected chi connectivity index (χ0v) is 16.2. The molecule has 148 valence electrons. The summed E-state index contributed by atoms with van der Waals surface area (Å²) in [5.74, 6) is 4.22. The summed E-state index contributed by atoms with van der Waals surface area (Å²) < 4.78 is 16.1. The molecule has 7 heteroatoms. The maximum atomic E-state index is 12.8. The zero-order chi connectivity index (χ0) is 19.9. The Labute approximate surface area is 165 Å². The van der Waals surface area contributed by atoms with Crippen molar-refractivity contribution in [2.24, 2.45) is 5.92 Å². The molecule has 1 amide bonds. The number of nitrogens with one attached hydrogen (secondary N) is 1. The van der Waals surface area contributed by atoms with Crippen molar-refractivity contribution < 1.29 is 19.0 Å². The molecule has 0 saturated carbocycles. The molecule has 1 aliphatic rings. The SMILES string of the molecule is C#CCOCC1CCN(C(=O)c2cc(-c3cc(OC)ccc3OC)n[nH]2)CC1. The Balaban J connectivity index is 1.66. The van der Waals surface area contributed by atoms with Crippen LogP contribution in [0.4, 0.5) is 0 Å². The first-order valence-electron chi connectivity index (χ1n) is 9.24. The molecule has 1 saturated heterocycles. The van der Waals surface area contributed by atoms with Gasteiger partial charge in [-0.1, -0.05) is 5.92 Å². The number of aromatic amines is 1. The maximum absolute atomic E-state index is 12.8. The summed E-state index contributed by atoms with van der Waals surface area (Å²) in [4.78, 5) is 14.7. The maximum Gasteiger partial charge on any atom is 0.271 e. The summed E-state index contributed by atoms with van der Waals surface area (Å²) in [7, 11) is 3.20. The monoisotopic (exact) mass is 383 g/mol. The van der Waals surface area contributed by atoms with Crippen molar-refractivity contribution in [1.82, 2.24) is 15.1 Å². The number of piperidine rings is 1. The van der Waals surface area contributed by atoms with E-state index in [4.69, 9.17) is 20.6 Å². The highest BCUT2D eigenvalue weighted by molar-refractivity contribution is 5.93. The lowest BCUT2D eigenvalue weighted by Gasteiger charge is -2.31. The van der Waals surface area contributed by atoms with Crippen LogP contribution in [-0.4, -0.2) is 61.5 Å². The van der Waals surface area contributed by atoms with Crippen molar-refractivity contribution in [3.63, 3.8) is 0 Å². The Kier molecular flexibility index (Phi) is 6.56. The lowest BCUT2D eigenvalue weighted by atomic mass is 9.97. The second-order valence-electron chi connectivity index (χ2n) is 6.69. The average Bonchev–Trinajstić information content (AvgIpc) is 3.23. The number of H-pyrrole nitrogens is 1. The van der Waals surface area contributed by atoms with Crippen molar-refractivity contribution in [2.75, 3.05) is 40.5 Å². The Morgan fingerprint density at radius 1 is 1.29 bits per heavy atom. The fourth-order valence-electron chi connectivity index (χ4n) is 3.34. The molecule has 0 atom stereocenters. The number of amides is 1. The van der Waals surface area contributed by atoms with Gasteiger partial charge in [0.25, 0.3) is 5.91 Å². The van der Waals surface area contributed by atoms with E-state index in [1.54, 1.807) is 20.3 Å². The van der Waals surface area contributed by atoms with Gasteiger partial charge in [-0.3, -0.25) is 9.89 Å². The summed E-state index contributed by atoms with van der Waals surface area (Å²) in [5, 5.41) is 7.16. The number of methoxy groups -OCH3 is 2. The van der Waals surface area contributed by atoms with E-state index >= 15 is 0 Å². The van der Waals surface area contributed by atoms with E-state index in [9.17, 15) is 4.79 Å². The van der Waals surface area contributed by atoms with Gasteiger partial charge in [0.2, 0.25) is 0 Å². The van der Waals surface area contributed by atoms with Crippen molar-refractivity contribution in [2.45, 2.75) is 12.8 Å². The standard InChI is InChI=1S/C21H25N3O4/c1-4-11-28-14-15-7-9-24(10-8-15)21(25)19-13-18(22-23-19)17-12-16(26-2)5-6-20(17)27-3/h1,5-6,12-13,15H,7-11,14H2,2-3H3,(H,22,23). The van der Waals surface area contributed by atoms with E-state index in [1.165, 1.54) is 0 Å². The summed E-state index contributed by atoms with van der Waals surface area (Å²) >= 11 is 0. The number of carbonyl (C=O) groups excluding carboxylic acids is 1. The molecule has 0 aliphatic carbocycles. The summed E-state index contributed by atoms with van der Waals surface area (Å²) in [6.07, 6.45) is 7.00. The van der Waals surface area contributed by atoms with Crippen molar-refractivity contribution in [1.29, 1.82) is 0 Å². The van der Waals surface area contributed by atoms with E-state index in [0.717, 1.165) is 18.4 Å². The third kappa shape index (κ3) is 4.46. The van der Waals surface area contributed by atoms with Gasteiger partial charge in [-0.25, -0.2) is 0 Å². The highest BCUT2D eigenvalue weighted by Crippen LogP contribution is 2.32. The van der Waals surface area contributed by atoms with Crippen LogP contribution in [0.15, 0.2) is 24.3 Å². The molecule has 1 aliphatic heterocycles. The molecular weight excluding hydrogens is 358 g/mol. The van der Waals surface area contributed by atoms with Gasteiger partial charge in [-0.15, -0.1) is 6.42 Å². The van der Waals surface area contributed by atoms with E-state index in [1.807, 2.05) is 23.1 Å². The normalized spacial score (nSPS) is 14.5. The van der Waals surface area contributed by atoms with Gasteiger partial charge in [0.15, 0.2) is 0 Å². The zero-order valence-electron chi connectivity index (χ0n) is 16.2. The van der Waals surface area contributed by atoms with Gasteiger partial charge in [0.1, 0.15) is 23.8 Å². The fraction of sp³-hybridized carbons (Fsp3) is 0.429. The van der Waals surface area contributed by atoms with Gasteiger partial charge in [-0.2, -0.15) is 5.10 Å². The highest BCUT2D eigenvalue weighted by Gasteiger charge is 2.25. The Morgan fingerprint density at radius 2 is 2.07 bits per heavy atom. The van der Waals surface area contributed by atoms with Gasteiger partial charge >= 0.3 is 0 Å². The van der Waals surface area contributed by atoms with Crippen LogP contribution in [-0.2, 0) is 4.74 Å². The van der Waals surface area contributed by atoms with Gasteiger partial charge in [0, 0.05) is 18.7 Å². The Morgan fingerprint density at radius 3 is 2.75 bits per heavy atom. The number of terminal acetylenes is 1. The van der Waals surface area contributed by atoms with E-state index in [-0.39, 0.29) is 5.91 Å². The molecule has 2 aromatic rings. The van der Waals surface area contributed by atoms with E-state index < -0.39 is 0 Å². The molecule has 0 bridgehead atoms. The minimum atomic E-state index is -0.0522.